The number of rotatable bonds is 7. The Morgan fingerprint density at radius 3 is 2.36 bits per heavy atom. The fourth-order valence-corrected chi connectivity index (χ4v) is 3.81. The topological polar surface area (TPSA) is 78.5 Å². The van der Waals surface area contributed by atoms with Crippen molar-refractivity contribution in [2.24, 2.45) is 0 Å². The van der Waals surface area contributed by atoms with Crippen molar-refractivity contribution in [3.05, 3.63) is 59.2 Å². The lowest BCUT2D eigenvalue weighted by molar-refractivity contribution is 0.248. The van der Waals surface area contributed by atoms with E-state index in [2.05, 4.69) is 22.8 Å². The number of urea groups is 1. The smallest absolute Gasteiger partial charge is 0.319 e. The minimum Gasteiger partial charge on any atom is -0.335 e. The Morgan fingerprint density at radius 1 is 1.11 bits per heavy atom. The molecule has 6 nitrogen and oxygen atoms in total. The molecule has 0 saturated heterocycles. The van der Waals surface area contributed by atoms with Crippen LogP contribution in [0.2, 0.25) is 0 Å². The van der Waals surface area contributed by atoms with Crippen LogP contribution >= 0.6 is 0 Å². The first-order chi connectivity index (χ1) is 13.1. The van der Waals surface area contributed by atoms with Gasteiger partial charge in [0.2, 0.25) is 10.0 Å². The maximum Gasteiger partial charge on any atom is 0.319 e. The minimum atomic E-state index is -3.58. The summed E-state index contributed by atoms with van der Waals surface area (Å²) in [5.41, 5.74) is 3.36. The minimum absolute atomic E-state index is 0.0182. The van der Waals surface area contributed by atoms with Gasteiger partial charge in [0.05, 0.1) is 4.90 Å². The molecular weight excluding hydrogens is 374 g/mol. The summed E-state index contributed by atoms with van der Waals surface area (Å²) in [5, 5.41) is 5.71. The number of carbonyl (C=O) groups is 1. The van der Waals surface area contributed by atoms with Crippen LogP contribution in [0, 0.1) is 13.8 Å². The number of aryl methyl sites for hydroxylation is 2. The molecule has 0 unspecified atom stereocenters. The summed E-state index contributed by atoms with van der Waals surface area (Å²) >= 11 is 0. The number of hydrogen-bond acceptors (Lipinski definition) is 3. The summed E-state index contributed by atoms with van der Waals surface area (Å²) in [4.78, 5) is 12.6. The molecule has 0 aliphatic carbocycles. The molecule has 2 amide bonds. The number of hydrogen-bond donors (Lipinski definition) is 2. The third kappa shape index (κ3) is 5.56. The lowest BCUT2D eigenvalue weighted by Crippen LogP contribution is -2.36. The van der Waals surface area contributed by atoms with Gasteiger partial charge in [-0.1, -0.05) is 30.3 Å². The van der Waals surface area contributed by atoms with Crippen LogP contribution in [0.1, 0.15) is 30.0 Å². The Hall–Kier alpha value is -2.38. The van der Waals surface area contributed by atoms with Gasteiger partial charge in [-0.2, -0.15) is 0 Å². The Morgan fingerprint density at radius 2 is 1.75 bits per heavy atom. The number of benzene rings is 2. The van der Waals surface area contributed by atoms with Crippen LogP contribution in [0.15, 0.2) is 47.4 Å². The second kappa shape index (κ2) is 9.21. The maximum atomic E-state index is 12.4. The van der Waals surface area contributed by atoms with E-state index >= 15 is 0 Å². The molecule has 2 aromatic rings. The van der Waals surface area contributed by atoms with Gasteiger partial charge in [0.25, 0.3) is 0 Å². The Kier molecular flexibility index (Phi) is 7.21. The lowest BCUT2D eigenvalue weighted by Gasteiger charge is -2.18. The summed E-state index contributed by atoms with van der Waals surface area (Å²) in [6, 6.07) is 12.9. The molecule has 0 aliphatic rings. The van der Waals surface area contributed by atoms with E-state index in [1.54, 1.807) is 6.07 Å². The molecule has 7 heteroatoms. The molecule has 0 saturated carbocycles. The Bertz CT molecular complexity index is 925. The van der Waals surface area contributed by atoms with Crippen molar-refractivity contribution in [1.29, 1.82) is 0 Å². The van der Waals surface area contributed by atoms with Crippen molar-refractivity contribution in [3.8, 4) is 0 Å². The highest BCUT2D eigenvalue weighted by molar-refractivity contribution is 7.89. The first kappa shape index (κ1) is 21.9. The number of sulfonamides is 1. The van der Waals surface area contributed by atoms with Crippen LogP contribution in [-0.2, 0) is 16.4 Å². The molecule has 152 valence electrons. The molecular formula is C21H29N3O3S. The van der Waals surface area contributed by atoms with Gasteiger partial charge >= 0.3 is 6.03 Å². The SMILES string of the molecule is Cc1cc(S(=O)(=O)N(C)C)cc(NC(=O)N[C@H](C)CCc2ccccc2)c1C. The lowest BCUT2D eigenvalue weighted by atomic mass is 10.1. The monoisotopic (exact) mass is 403 g/mol. The van der Waals surface area contributed by atoms with Crippen LogP contribution in [0.4, 0.5) is 10.5 Å². The van der Waals surface area contributed by atoms with Gasteiger partial charge in [-0.25, -0.2) is 17.5 Å². The van der Waals surface area contributed by atoms with Gasteiger partial charge < -0.3 is 10.6 Å². The van der Waals surface area contributed by atoms with Gasteiger partial charge in [-0.05, 0) is 62.4 Å². The maximum absolute atomic E-state index is 12.4. The largest absolute Gasteiger partial charge is 0.335 e. The number of nitrogens with one attached hydrogen (secondary N) is 2. The summed E-state index contributed by atoms with van der Waals surface area (Å²) in [6.45, 7) is 5.64. The van der Waals surface area contributed by atoms with Gasteiger partial charge in [0, 0.05) is 25.8 Å². The molecule has 0 aromatic heterocycles. The van der Waals surface area contributed by atoms with E-state index in [1.807, 2.05) is 39.0 Å². The van der Waals surface area contributed by atoms with E-state index in [9.17, 15) is 13.2 Å². The van der Waals surface area contributed by atoms with Crippen molar-refractivity contribution in [2.45, 2.75) is 44.6 Å². The molecule has 0 aliphatic heterocycles. The van der Waals surface area contributed by atoms with Crippen molar-refractivity contribution >= 4 is 21.7 Å². The second-order valence-electron chi connectivity index (χ2n) is 7.22. The normalized spacial score (nSPS) is 12.6. The molecule has 2 rings (SSSR count). The van der Waals surface area contributed by atoms with Crippen molar-refractivity contribution in [1.82, 2.24) is 9.62 Å². The van der Waals surface area contributed by atoms with Gasteiger partial charge in [0.1, 0.15) is 0 Å². The molecule has 28 heavy (non-hydrogen) atoms. The Labute approximate surface area is 168 Å². The summed E-state index contributed by atoms with van der Waals surface area (Å²) in [7, 11) is -0.605. The van der Waals surface area contributed by atoms with Crippen LogP contribution in [0.3, 0.4) is 0 Å². The fraction of sp³-hybridized carbons (Fsp3) is 0.381. The third-order valence-electron chi connectivity index (χ3n) is 4.75. The third-order valence-corrected chi connectivity index (χ3v) is 6.55. The van der Waals surface area contributed by atoms with Crippen LogP contribution in [0.5, 0.6) is 0 Å². The molecule has 2 aromatic carbocycles. The van der Waals surface area contributed by atoms with E-state index in [1.165, 1.54) is 25.7 Å². The zero-order valence-electron chi connectivity index (χ0n) is 17.1. The number of amides is 2. The van der Waals surface area contributed by atoms with Gasteiger partial charge in [0.15, 0.2) is 0 Å². The van der Waals surface area contributed by atoms with Crippen molar-refractivity contribution in [2.75, 3.05) is 19.4 Å². The van der Waals surface area contributed by atoms with E-state index in [0.29, 0.717) is 5.69 Å². The molecule has 0 bridgehead atoms. The first-order valence-electron chi connectivity index (χ1n) is 9.26. The number of anilines is 1. The molecule has 1 atom stereocenters. The summed E-state index contributed by atoms with van der Waals surface area (Å²) in [5.74, 6) is 0. The fourth-order valence-electron chi connectivity index (χ4n) is 2.80. The molecule has 0 radical (unpaired) electrons. The van der Waals surface area contributed by atoms with E-state index in [4.69, 9.17) is 0 Å². The number of carbonyl (C=O) groups excluding carboxylic acids is 1. The molecule has 0 spiro atoms. The average Bonchev–Trinajstić information content (AvgIpc) is 2.64. The molecule has 0 heterocycles. The summed E-state index contributed by atoms with van der Waals surface area (Å²) in [6.07, 6.45) is 1.68. The van der Waals surface area contributed by atoms with E-state index < -0.39 is 10.0 Å². The van der Waals surface area contributed by atoms with E-state index in [0.717, 1.165) is 28.3 Å². The predicted octanol–water partition coefficient (Wildman–Crippen LogP) is 3.70. The highest BCUT2D eigenvalue weighted by atomic mass is 32.2. The Balaban J connectivity index is 2.05. The quantitative estimate of drug-likeness (QED) is 0.740. The van der Waals surface area contributed by atoms with E-state index in [-0.39, 0.29) is 17.0 Å². The van der Waals surface area contributed by atoms with Crippen LogP contribution < -0.4 is 10.6 Å². The highest BCUT2D eigenvalue weighted by Gasteiger charge is 2.20. The van der Waals surface area contributed by atoms with Crippen LogP contribution in [0.25, 0.3) is 0 Å². The number of nitrogens with zero attached hydrogens (tertiary/aromatic N) is 1. The zero-order valence-corrected chi connectivity index (χ0v) is 17.9. The van der Waals surface area contributed by atoms with Crippen molar-refractivity contribution < 1.29 is 13.2 Å². The van der Waals surface area contributed by atoms with Gasteiger partial charge in [-0.15, -0.1) is 0 Å². The molecule has 0 fully saturated rings. The molecule has 2 N–H and O–H groups in total. The standard InChI is InChI=1S/C21H29N3O3S/c1-15-13-19(28(26,27)24(4)5)14-20(17(15)3)23-21(25)22-16(2)11-12-18-9-7-6-8-10-18/h6-10,13-14,16H,11-12H2,1-5H3,(H2,22,23,25)/t16-/m1/s1. The average molecular weight is 404 g/mol. The zero-order chi connectivity index (χ0) is 20.9. The highest BCUT2D eigenvalue weighted by Crippen LogP contribution is 2.25. The van der Waals surface area contributed by atoms with Gasteiger partial charge in [-0.3, -0.25) is 0 Å². The first-order valence-corrected chi connectivity index (χ1v) is 10.7. The predicted molar refractivity (Wildman–Crippen MR) is 113 cm³/mol. The second-order valence-corrected chi connectivity index (χ2v) is 9.38. The van der Waals surface area contributed by atoms with Crippen molar-refractivity contribution in [3.63, 3.8) is 0 Å². The van der Waals surface area contributed by atoms with Crippen LogP contribution in [-0.4, -0.2) is 38.9 Å². The summed E-state index contributed by atoms with van der Waals surface area (Å²) < 4.78 is 26.0.